The molecule has 0 unspecified atom stereocenters. The molecule has 2 aliphatic heterocycles. The van der Waals surface area contributed by atoms with Crippen molar-refractivity contribution < 1.29 is 28.9 Å². The molecule has 0 bridgehead atoms. The molecule has 192 valence electrons. The summed E-state index contributed by atoms with van der Waals surface area (Å²) in [6.45, 7) is 0.121. The fourth-order valence-corrected chi connectivity index (χ4v) is 4.99. The molecule has 1 saturated heterocycles. The van der Waals surface area contributed by atoms with Crippen molar-refractivity contribution in [2.24, 2.45) is 0 Å². The van der Waals surface area contributed by atoms with Gasteiger partial charge >= 0.3 is 0 Å². The molecule has 1 aromatic heterocycles. The lowest BCUT2D eigenvalue weighted by atomic mass is 9.84. The van der Waals surface area contributed by atoms with Crippen LogP contribution < -0.4 is 20.1 Å². The molecule has 1 fully saturated rings. The van der Waals surface area contributed by atoms with Crippen molar-refractivity contribution in [2.75, 3.05) is 19.0 Å². The average Bonchev–Trinajstić information content (AvgIpc) is 3.30. The summed E-state index contributed by atoms with van der Waals surface area (Å²) in [5, 5.41) is 15.8. The van der Waals surface area contributed by atoms with Gasteiger partial charge in [0.2, 0.25) is 5.91 Å². The van der Waals surface area contributed by atoms with Crippen LogP contribution in [0.2, 0.25) is 0 Å². The van der Waals surface area contributed by atoms with Crippen LogP contribution in [0, 0.1) is 0 Å². The Bertz CT molecular complexity index is 1270. The number of pyridine rings is 1. The standard InChI is InChI=1S/C28H29N3O6/c1-35-23-7-3-2-5-17(23)15-30-26(33)13-20-12-22-21-11-19(31-28(34)18-6-4-10-29-14-18)8-9-24(21)37-27(22)25(16-32)36-20/h2-11,14,20,22,25,27,32H,12-13,15-16H2,1H3,(H,30,33)(H,31,34)/t20-,22+,25-,27-/m0/s1. The molecule has 37 heavy (non-hydrogen) atoms. The summed E-state index contributed by atoms with van der Waals surface area (Å²) in [7, 11) is 1.60. The number of methoxy groups -OCH3 is 1. The van der Waals surface area contributed by atoms with Gasteiger partial charge in [-0.05, 0) is 42.8 Å². The Kier molecular flexibility index (Phi) is 7.34. The fraction of sp³-hybridized carbons (Fsp3) is 0.321. The minimum absolute atomic E-state index is 0.0804. The van der Waals surface area contributed by atoms with E-state index in [2.05, 4.69) is 15.6 Å². The summed E-state index contributed by atoms with van der Waals surface area (Å²) in [5.41, 5.74) is 2.91. The number of ether oxygens (including phenoxy) is 3. The van der Waals surface area contributed by atoms with Gasteiger partial charge in [-0.15, -0.1) is 0 Å². The molecule has 3 heterocycles. The Morgan fingerprint density at radius 2 is 2.03 bits per heavy atom. The van der Waals surface area contributed by atoms with Crippen LogP contribution in [0.1, 0.15) is 40.2 Å². The van der Waals surface area contributed by atoms with Crippen LogP contribution in [0.15, 0.2) is 67.0 Å². The number of benzene rings is 2. The average molecular weight is 504 g/mol. The highest BCUT2D eigenvalue weighted by Gasteiger charge is 2.46. The first-order valence-electron chi connectivity index (χ1n) is 12.2. The number of amides is 2. The highest BCUT2D eigenvalue weighted by atomic mass is 16.6. The largest absolute Gasteiger partial charge is 0.496 e. The second-order valence-corrected chi connectivity index (χ2v) is 9.14. The Morgan fingerprint density at radius 1 is 1.16 bits per heavy atom. The maximum Gasteiger partial charge on any atom is 0.257 e. The molecule has 0 aliphatic carbocycles. The molecule has 3 N–H and O–H groups in total. The Morgan fingerprint density at radius 3 is 2.81 bits per heavy atom. The van der Waals surface area contributed by atoms with Crippen LogP contribution >= 0.6 is 0 Å². The summed E-state index contributed by atoms with van der Waals surface area (Å²) in [4.78, 5) is 29.3. The van der Waals surface area contributed by atoms with Gasteiger partial charge in [-0.25, -0.2) is 0 Å². The molecule has 9 heteroatoms. The predicted octanol–water partition coefficient (Wildman–Crippen LogP) is 3.04. The number of anilines is 1. The van der Waals surface area contributed by atoms with E-state index in [0.29, 0.717) is 35.7 Å². The summed E-state index contributed by atoms with van der Waals surface area (Å²) in [5.74, 6) is 0.919. The molecule has 4 atom stereocenters. The first-order valence-corrected chi connectivity index (χ1v) is 12.2. The zero-order chi connectivity index (χ0) is 25.8. The molecule has 9 nitrogen and oxygen atoms in total. The van der Waals surface area contributed by atoms with Gasteiger partial charge in [0.1, 0.15) is 23.7 Å². The second-order valence-electron chi connectivity index (χ2n) is 9.14. The fourth-order valence-electron chi connectivity index (χ4n) is 4.99. The van der Waals surface area contributed by atoms with E-state index in [1.54, 1.807) is 31.5 Å². The van der Waals surface area contributed by atoms with Crippen LogP contribution in [0.5, 0.6) is 11.5 Å². The molecular formula is C28H29N3O6. The number of fused-ring (bicyclic) bond motifs is 3. The smallest absolute Gasteiger partial charge is 0.257 e. The number of aliphatic hydroxyl groups excluding tert-OH is 1. The highest BCUT2D eigenvalue weighted by Crippen LogP contribution is 2.47. The van der Waals surface area contributed by atoms with Gasteiger partial charge in [0.15, 0.2) is 0 Å². The van der Waals surface area contributed by atoms with Crippen molar-refractivity contribution >= 4 is 17.5 Å². The van der Waals surface area contributed by atoms with Crippen LogP contribution in [0.25, 0.3) is 0 Å². The van der Waals surface area contributed by atoms with Crippen LogP contribution in [-0.2, 0) is 16.1 Å². The van der Waals surface area contributed by atoms with Crippen LogP contribution in [0.4, 0.5) is 5.69 Å². The highest BCUT2D eigenvalue weighted by molar-refractivity contribution is 6.04. The van der Waals surface area contributed by atoms with Gasteiger partial charge < -0.3 is 30.0 Å². The molecule has 3 aromatic rings. The SMILES string of the molecule is COc1ccccc1CNC(=O)C[C@@H]1C[C@@H]2c3cc(NC(=O)c4cccnc4)ccc3O[C@@H]2[C@H](CO)O1. The van der Waals surface area contributed by atoms with Gasteiger partial charge in [-0.2, -0.15) is 0 Å². The zero-order valence-electron chi connectivity index (χ0n) is 20.4. The van der Waals surface area contributed by atoms with Gasteiger partial charge in [-0.3, -0.25) is 14.6 Å². The normalized spacial score (nSPS) is 21.8. The molecule has 5 rings (SSSR count). The van der Waals surface area contributed by atoms with Crippen molar-refractivity contribution in [3.05, 3.63) is 83.7 Å². The van der Waals surface area contributed by atoms with E-state index in [4.69, 9.17) is 14.2 Å². The molecule has 0 saturated carbocycles. The van der Waals surface area contributed by atoms with Crippen molar-refractivity contribution in [2.45, 2.75) is 43.6 Å². The Balaban J connectivity index is 1.26. The van der Waals surface area contributed by atoms with E-state index in [9.17, 15) is 14.7 Å². The lowest BCUT2D eigenvalue weighted by molar-refractivity contribution is -0.142. The Labute approximate surface area is 214 Å². The van der Waals surface area contributed by atoms with Crippen molar-refractivity contribution in [1.29, 1.82) is 0 Å². The topological polar surface area (TPSA) is 119 Å². The van der Waals surface area contributed by atoms with Crippen molar-refractivity contribution in [3.63, 3.8) is 0 Å². The van der Waals surface area contributed by atoms with E-state index < -0.39 is 6.10 Å². The first kappa shape index (κ1) is 24.7. The molecular weight excluding hydrogens is 474 g/mol. The van der Waals surface area contributed by atoms with E-state index in [1.165, 1.54) is 6.20 Å². The molecule has 2 aliphatic rings. The number of carbonyl (C=O) groups is 2. The van der Waals surface area contributed by atoms with Crippen molar-refractivity contribution in [1.82, 2.24) is 10.3 Å². The molecule has 2 amide bonds. The summed E-state index contributed by atoms with van der Waals surface area (Å²) in [6, 6.07) is 16.4. The maximum atomic E-state index is 12.7. The van der Waals surface area contributed by atoms with Gasteiger partial charge in [-0.1, -0.05) is 18.2 Å². The van der Waals surface area contributed by atoms with E-state index in [0.717, 1.165) is 11.1 Å². The predicted molar refractivity (Wildman–Crippen MR) is 136 cm³/mol. The minimum atomic E-state index is -0.563. The number of rotatable bonds is 8. The van der Waals surface area contributed by atoms with Gasteiger partial charge in [0.25, 0.3) is 5.91 Å². The third-order valence-electron chi connectivity index (χ3n) is 6.76. The summed E-state index contributed by atoms with van der Waals surface area (Å²) >= 11 is 0. The number of aromatic nitrogens is 1. The van der Waals surface area contributed by atoms with Crippen LogP contribution in [-0.4, -0.2) is 53.9 Å². The molecule has 0 spiro atoms. The zero-order valence-corrected chi connectivity index (χ0v) is 20.4. The minimum Gasteiger partial charge on any atom is -0.496 e. The third-order valence-corrected chi connectivity index (χ3v) is 6.76. The van der Waals surface area contributed by atoms with E-state index >= 15 is 0 Å². The monoisotopic (exact) mass is 503 g/mol. The summed E-state index contributed by atoms with van der Waals surface area (Å²) in [6.07, 6.45) is 2.51. The number of hydrogen-bond acceptors (Lipinski definition) is 7. The number of aliphatic hydroxyl groups is 1. The first-order chi connectivity index (χ1) is 18.1. The number of para-hydroxylation sites is 1. The van der Waals surface area contributed by atoms with Crippen LogP contribution in [0.3, 0.4) is 0 Å². The number of carbonyl (C=O) groups excluding carboxylic acids is 2. The Hall–Kier alpha value is -3.95. The third kappa shape index (κ3) is 5.42. The van der Waals surface area contributed by atoms with Gasteiger partial charge in [0, 0.05) is 41.7 Å². The maximum absolute atomic E-state index is 12.7. The number of nitrogens with zero attached hydrogens (tertiary/aromatic N) is 1. The lowest BCUT2D eigenvalue weighted by Crippen LogP contribution is -2.47. The van der Waals surface area contributed by atoms with E-state index in [-0.39, 0.29) is 43.0 Å². The number of hydrogen-bond donors (Lipinski definition) is 3. The molecule has 2 aromatic carbocycles. The number of nitrogens with one attached hydrogen (secondary N) is 2. The summed E-state index contributed by atoms with van der Waals surface area (Å²) < 4.78 is 17.5. The second kappa shape index (κ2) is 11.0. The van der Waals surface area contributed by atoms with Gasteiger partial charge in [0.05, 0.1) is 31.8 Å². The quantitative estimate of drug-likeness (QED) is 0.432. The lowest BCUT2D eigenvalue weighted by Gasteiger charge is -2.37. The molecule has 0 radical (unpaired) electrons. The van der Waals surface area contributed by atoms with E-state index in [1.807, 2.05) is 36.4 Å². The van der Waals surface area contributed by atoms with Crippen molar-refractivity contribution in [3.8, 4) is 11.5 Å².